The van der Waals surface area contributed by atoms with E-state index in [1.54, 1.807) is 11.3 Å². The van der Waals surface area contributed by atoms with Gasteiger partial charge in [-0.05, 0) is 18.6 Å². The third kappa shape index (κ3) is 2.69. The second-order valence-corrected chi connectivity index (χ2v) is 5.19. The van der Waals surface area contributed by atoms with Gasteiger partial charge < -0.3 is 5.32 Å². The summed E-state index contributed by atoms with van der Waals surface area (Å²) in [5.41, 5.74) is 2.73. The van der Waals surface area contributed by atoms with Gasteiger partial charge in [0.05, 0.1) is 16.3 Å². The Bertz CT molecular complexity index is 555. The molecule has 0 fully saturated rings. The van der Waals surface area contributed by atoms with Crippen LogP contribution >= 0.6 is 11.3 Å². The first-order chi connectivity index (χ1) is 8.72. The number of hydrogen-bond acceptors (Lipinski definition) is 4. The summed E-state index contributed by atoms with van der Waals surface area (Å²) < 4.78 is 0. The molecule has 0 bridgehead atoms. The van der Waals surface area contributed by atoms with Crippen LogP contribution in [0.4, 0.5) is 5.69 Å². The molecule has 18 heavy (non-hydrogen) atoms. The molecule has 1 atom stereocenters. The predicted octanol–water partition coefficient (Wildman–Crippen LogP) is 3.54. The first-order valence-electron chi connectivity index (χ1n) is 5.85. The molecule has 92 valence electrons. The molecule has 0 saturated heterocycles. The molecule has 1 heterocycles. The van der Waals surface area contributed by atoms with Gasteiger partial charge in [0.2, 0.25) is 0 Å². The van der Waals surface area contributed by atoms with Gasteiger partial charge in [0.1, 0.15) is 6.07 Å². The van der Waals surface area contributed by atoms with Crippen molar-refractivity contribution in [1.82, 2.24) is 4.98 Å². The van der Waals surface area contributed by atoms with Gasteiger partial charge in [-0.25, -0.2) is 4.98 Å². The van der Waals surface area contributed by atoms with Crippen molar-refractivity contribution in [2.45, 2.75) is 19.8 Å². The minimum absolute atomic E-state index is 0.344. The molecule has 1 aromatic heterocycles. The number of para-hydroxylation sites is 1. The quantitative estimate of drug-likeness (QED) is 0.911. The van der Waals surface area contributed by atoms with Crippen molar-refractivity contribution in [1.29, 1.82) is 5.26 Å². The Morgan fingerprint density at radius 1 is 1.50 bits per heavy atom. The smallest absolute Gasteiger partial charge is 0.101 e. The van der Waals surface area contributed by atoms with E-state index in [2.05, 4.69) is 23.3 Å². The zero-order chi connectivity index (χ0) is 13.0. The summed E-state index contributed by atoms with van der Waals surface area (Å²) in [6, 6.07) is 7.97. The summed E-state index contributed by atoms with van der Waals surface area (Å²) in [5, 5.41) is 15.6. The lowest BCUT2D eigenvalue weighted by Crippen LogP contribution is -2.11. The van der Waals surface area contributed by atoms with E-state index < -0.39 is 0 Å². The van der Waals surface area contributed by atoms with Crippen LogP contribution in [0.15, 0.2) is 29.8 Å². The number of aromatic nitrogens is 1. The van der Waals surface area contributed by atoms with E-state index in [0.717, 1.165) is 22.8 Å². The van der Waals surface area contributed by atoms with Crippen LogP contribution in [0, 0.1) is 18.3 Å². The lowest BCUT2D eigenvalue weighted by Gasteiger charge is -2.14. The number of nitrogens with one attached hydrogen (secondary N) is 1. The number of rotatable bonds is 4. The Balaban J connectivity index is 2.09. The molecule has 0 aliphatic carbocycles. The summed E-state index contributed by atoms with van der Waals surface area (Å²) in [5.74, 6) is 0.344. The van der Waals surface area contributed by atoms with Crippen molar-refractivity contribution in [3.63, 3.8) is 0 Å². The fourth-order valence-electron chi connectivity index (χ4n) is 1.82. The number of thiazole rings is 1. The molecule has 0 spiro atoms. The molecule has 0 saturated carbocycles. The third-order valence-corrected chi connectivity index (χ3v) is 3.86. The lowest BCUT2D eigenvalue weighted by atomic mass is 10.1. The second kappa shape index (κ2) is 5.65. The molecular formula is C14H15N3S. The van der Waals surface area contributed by atoms with E-state index in [9.17, 15) is 0 Å². The van der Waals surface area contributed by atoms with Crippen LogP contribution in [-0.4, -0.2) is 11.5 Å². The van der Waals surface area contributed by atoms with E-state index in [1.165, 1.54) is 0 Å². The van der Waals surface area contributed by atoms with Crippen molar-refractivity contribution in [2.24, 2.45) is 0 Å². The molecule has 0 radical (unpaired) electrons. The van der Waals surface area contributed by atoms with Crippen molar-refractivity contribution >= 4 is 17.0 Å². The van der Waals surface area contributed by atoms with Gasteiger partial charge in [-0.3, -0.25) is 0 Å². The van der Waals surface area contributed by atoms with Crippen LogP contribution in [0.1, 0.15) is 29.0 Å². The average Bonchev–Trinajstić information content (AvgIpc) is 2.90. The van der Waals surface area contributed by atoms with E-state index in [4.69, 9.17) is 5.26 Å². The highest BCUT2D eigenvalue weighted by Crippen LogP contribution is 2.22. The van der Waals surface area contributed by atoms with Gasteiger partial charge in [0.25, 0.3) is 0 Å². The van der Waals surface area contributed by atoms with E-state index in [1.807, 2.05) is 36.7 Å². The van der Waals surface area contributed by atoms with Gasteiger partial charge in [0.15, 0.2) is 0 Å². The van der Waals surface area contributed by atoms with Crippen LogP contribution in [0.2, 0.25) is 0 Å². The summed E-state index contributed by atoms with van der Waals surface area (Å²) in [6.07, 6.45) is 1.82. The lowest BCUT2D eigenvalue weighted by molar-refractivity contribution is 0.794. The van der Waals surface area contributed by atoms with Crippen molar-refractivity contribution < 1.29 is 0 Å². The van der Waals surface area contributed by atoms with Crippen LogP contribution in [-0.2, 0) is 0 Å². The Kier molecular flexibility index (Phi) is 3.96. The van der Waals surface area contributed by atoms with Crippen molar-refractivity contribution in [3.8, 4) is 6.07 Å². The minimum Gasteiger partial charge on any atom is -0.383 e. The zero-order valence-electron chi connectivity index (χ0n) is 10.5. The molecule has 2 aromatic rings. The molecule has 0 aliphatic heterocycles. The highest BCUT2D eigenvalue weighted by atomic mass is 32.1. The van der Waals surface area contributed by atoms with Gasteiger partial charge in [-0.2, -0.15) is 5.26 Å². The Morgan fingerprint density at radius 3 is 3.00 bits per heavy atom. The molecule has 0 aliphatic rings. The Labute approximate surface area is 111 Å². The monoisotopic (exact) mass is 257 g/mol. The maximum absolute atomic E-state index is 9.09. The standard InChI is InChI=1S/C14H15N3S/c1-10-4-3-5-12(8-15)13(10)17-9-11(2)14-16-6-7-18-14/h3-7,11,17H,9H2,1-2H3. The molecule has 1 unspecified atom stereocenters. The number of nitrogens with zero attached hydrogens (tertiary/aromatic N) is 2. The topological polar surface area (TPSA) is 48.7 Å². The van der Waals surface area contributed by atoms with Gasteiger partial charge in [-0.1, -0.05) is 19.1 Å². The van der Waals surface area contributed by atoms with Gasteiger partial charge >= 0.3 is 0 Å². The van der Waals surface area contributed by atoms with E-state index >= 15 is 0 Å². The van der Waals surface area contributed by atoms with Crippen LogP contribution in [0.5, 0.6) is 0 Å². The van der Waals surface area contributed by atoms with Crippen molar-refractivity contribution in [2.75, 3.05) is 11.9 Å². The number of aryl methyl sites for hydroxylation is 1. The van der Waals surface area contributed by atoms with Gasteiger partial charge in [0, 0.05) is 24.0 Å². The van der Waals surface area contributed by atoms with E-state index in [-0.39, 0.29) is 0 Å². The number of benzene rings is 1. The average molecular weight is 257 g/mol. The fraction of sp³-hybridized carbons (Fsp3) is 0.286. The first kappa shape index (κ1) is 12.6. The van der Waals surface area contributed by atoms with Crippen molar-refractivity contribution in [3.05, 3.63) is 45.9 Å². The number of anilines is 1. The number of nitriles is 1. The largest absolute Gasteiger partial charge is 0.383 e. The number of hydrogen-bond donors (Lipinski definition) is 1. The van der Waals surface area contributed by atoms with E-state index in [0.29, 0.717) is 11.5 Å². The van der Waals surface area contributed by atoms with Crippen LogP contribution in [0.25, 0.3) is 0 Å². The Hall–Kier alpha value is -1.86. The highest BCUT2D eigenvalue weighted by molar-refractivity contribution is 7.09. The zero-order valence-corrected chi connectivity index (χ0v) is 11.3. The molecule has 2 rings (SSSR count). The second-order valence-electron chi connectivity index (χ2n) is 4.26. The SMILES string of the molecule is Cc1cccc(C#N)c1NCC(C)c1nccs1. The van der Waals surface area contributed by atoms with Gasteiger partial charge in [-0.15, -0.1) is 11.3 Å². The third-order valence-electron chi connectivity index (χ3n) is 2.85. The maximum atomic E-state index is 9.09. The summed E-state index contributed by atoms with van der Waals surface area (Å²) in [7, 11) is 0. The summed E-state index contributed by atoms with van der Waals surface area (Å²) in [6.45, 7) is 4.93. The molecule has 4 heteroatoms. The summed E-state index contributed by atoms with van der Waals surface area (Å²) in [4.78, 5) is 4.31. The fourth-order valence-corrected chi connectivity index (χ4v) is 2.51. The first-order valence-corrected chi connectivity index (χ1v) is 6.73. The predicted molar refractivity (Wildman–Crippen MR) is 74.9 cm³/mol. The minimum atomic E-state index is 0.344. The van der Waals surface area contributed by atoms with Crippen LogP contribution in [0.3, 0.4) is 0 Å². The Morgan fingerprint density at radius 2 is 2.33 bits per heavy atom. The molecule has 3 nitrogen and oxygen atoms in total. The normalized spacial score (nSPS) is 11.8. The molecule has 1 N–H and O–H groups in total. The molecule has 0 amide bonds. The molecular weight excluding hydrogens is 242 g/mol. The maximum Gasteiger partial charge on any atom is 0.101 e. The van der Waals surface area contributed by atoms with Crippen LogP contribution < -0.4 is 5.32 Å². The summed E-state index contributed by atoms with van der Waals surface area (Å²) >= 11 is 1.66. The highest BCUT2D eigenvalue weighted by Gasteiger charge is 2.10. The molecule has 1 aromatic carbocycles.